The van der Waals surface area contributed by atoms with Crippen molar-refractivity contribution in [1.82, 2.24) is 0 Å². The van der Waals surface area contributed by atoms with Crippen molar-refractivity contribution < 1.29 is 9.52 Å². The summed E-state index contributed by atoms with van der Waals surface area (Å²) in [5.41, 5.74) is 0. The van der Waals surface area contributed by atoms with E-state index in [4.69, 9.17) is 4.42 Å². The van der Waals surface area contributed by atoms with Crippen molar-refractivity contribution in [2.45, 2.75) is 39.2 Å². The summed E-state index contributed by atoms with van der Waals surface area (Å²) in [7, 11) is 0. The summed E-state index contributed by atoms with van der Waals surface area (Å²) in [6.07, 6.45) is 4.56. The van der Waals surface area contributed by atoms with Crippen LogP contribution in [0, 0.1) is 17.8 Å². The van der Waals surface area contributed by atoms with E-state index in [9.17, 15) is 5.11 Å². The first-order chi connectivity index (χ1) is 7.59. The molecule has 1 saturated carbocycles. The summed E-state index contributed by atoms with van der Waals surface area (Å²) in [6, 6.07) is 1.84. The van der Waals surface area contributed by atoms with Crippen molar-refractivity contribution in [3.63, 3.8) is 0 Å². The van der Waals surface area contributed by atoms with Gasteiger partial charge in [0.1, 0.15) is 11.9 Å². The van der Waals surface area contributed by atoms with E-state index in [1.807, 2.05) is 6.07 Å². The molecular formula is C13H19BrO2. The second kappa shape index (κ2) is 4.92. The van der Waals surface area contributed by atoms with Gasteiger partial charge in [-0.25, -0.2) is 0 Å². The van der Waals surface area contributed by atoms with E-state index in [0.29, 0.717) is 17.6 Å². The fraction of sp³-hybridized carbons (Fsp3) is 0.692. The Kier molecular flexibility index (Phi) is 3.75. The molecule has 0 aromatic carbocycles. The Labute approximate surface area is 105 Å². The summed E-state index contributed by atoms with van der Waals surface area (Å²) >= 11 is 3.41. The Morgan fingerprint density at radius 3 is 2.69 bits per heavy atom. The highest BCUT2D eigenvalue weighted by Gasteiger charge is 2.32. The van der Waals surface area contributed by atoms with Gasteiger partial charge in [-0.15, -0.1) is 0 Å². The molecule has 1 heterocycles. The molecule has 4 atom stereocenters. The highest BCUT2D eigenvalue weighted by atomic mass is 79.9. The molecule has 0 saturated heterocycles. The number of hydrogen-bond acceptors (Lipinski definition) is 2. The van der Waals surface area contributed by atoms with Crippen LogP contribution in [0.2, 0.25) is 0 Å². The maximum absolute atomic E-state index is 10.3. The lowest BCUT2D eigenvalue weighted by atomic mass is 9.73. The topological polar surface area (TPSA) is 33.4 Å². The number of aliphatic hydroxyl groups excluding tert-OH is 1. The summed E-state index contributed by atoms with van der Waals surface area (Å²) in [5, 5.41) is 10.3. The molecule has 16 heavy (non-hydrogen) atoms. The molecule has 3 heteroatoms. The van der Waals surface area contributed by atoms with E-state index >= 15 is 0 Å². The summed E-state index contributed by atoms with van der Waals surface area (Å²) in [5.74, 6) is 2.51. The van der Waals surface area contributed by atoms with Crippen molar-refractivity contribution in [3.05, 3.63) is 22.6 Å². The number of halogens is 1. The molecule has 4 unspecified atom stereocenters. The summed E-state index contributed by atoms with van der Waals surface area (Å²) in [6.45, 7) is 4.58. The molecule has 0 amide bonds. The average Bonchev–Trinajstić information content (AvgIpc) is 2.67. The van der Waals surface area contributed by atoms with Gasteiger partial charge in [0.25, 0.3) is 0 Å². The van der Waals surface area contributed by atoms with Gasteiger partial charge in [0, 0.05) is 0 Å². The Hall–Kier alpha value is -0.280. The van der Waals surface area contributed by atoms with Crippen LogP contribution >= 0.6 is 15.9 Å². The second-order valence-corrected chi connectivity index (χ2v) is 5.96. The SMILES string of the molecule is CC1CCC(C(O)c2occc2Br)CC1C. The Balaban J connectivity index is 2.06. The predicted octanol–water partition coefficient (Wildman–Crippen LogP) is 4.15. The van der Waals surface area contributed by atoms with Gasteiger partial charge in [0.2, 0.25) is 0 Å². The first-order valence-electron chi connectivity index (χ1n) is 6.00. The van der Waals surface area contributed by atoms with Crippen molar-refractivity contribution in [2.24, 2.45) is 17.8 Å². The zero-order chi connectivity index (χ0) is 11.7. The molecule has 1 aromatic heterocycles. The Morgan fingerprint density at radius 2 is 2.12 bits per heavy atom. The number of rotatable bonds is 2. The fourth-order valence-corrected chi connectivity index (χ4v) is 3.04. The van der Waals surface area contributed by atoms with Crippen LogP contribution in [0.15, 0.2) is 21.2 Å². The molecule has 1 aliphatic carbocycles. The molecule has 2 rings (SSSR count). The third-order valence-corrected chi connectivity index (χ3v) is 4.65. The van der Waals surface area contributed by atoms with Crippen LogP contribution in [-0.2, 0) is 0 Å². The first-order valence-corrected chi connectivity index (χ1v) is 6.80. The normalized spacial score (nSPS) is 32.6. The molecule has 90 valence electrons. The van der Waals surface area contributed by atoms with Gasteiger partial charge in [-0.1, -0.05) is 20.3 Å². The third kappa shape index (κ3) is 2.35. The minimum absolute atomic E-state index is 0.341. The molecule has 0 spiro atoms. The standard InChI is InChI=1S/C13H19BrO2/c1-8-3-4-10(7-9(8)2)12(15)13-11(14)5-6-16-13/h5-6,8-10,12,15H,3-4,7H2,1-2H3. The van der Waals surface area contributed by atoms with E-state index in [-0.39, 0.29) is 0 Å². The highest BCUT2D eigenvalue weighted by molar-refractivity contribution is 9.10. The van der Waals surface area contributed by atoms with E-state index in [2.05, 4.69) is 29.8 Å². The number of aliphatic hydroxyl groups is 1. The Bertz CT molecular complexity index is 347. The molecule has 0 radical (unpaired) electrons. The van der Waals surface area contributed by atoms with Crippen LogP contribution < -0.4 is 0 Å². The van der Waals surface area contributed by atoms with E-state index in [1.54, 1.807) is 6.26 Å². The van der Waals surface area contributed by atoms with Gasteiger partial charge < -0.3 is 9.52 Å². The summed E-state index contributed by atoms with van der Waals surface area (Å²) < 4.78 is 6.23. The van der Waals surface area contributed by atoms with Crippen LogP contribution in [0.3, 0.4) is 0 Å². The molecule has 0 aliphatic heterocycles. The second-order valence-electron chi connectivity index (χ2n) is 5.11. The maximum Gasteiger partial charge on any atom is 0.146 e. The zero-order valence-electron chi connectivity index (χ0n) is 9.82. The highest BCUT2D eigenvalue weighted by Crippen LogP contribution is 2.41. The molecule has 0 bridgehead atoms. The smallest absolute Gasteiger partial charge is 0.146 e. The van der Waals surface area contributed by atoms with E-state index in [0.717, 1.165) is 23.2 Å². The molecule has 1 fully saturated rings. The lowest BCUT2D eigenvalue weighted by Gasteiger charge is -2.34. The number of hydrogen-bond donors (Lipinski definition) is 1. The Morgan fingerprint density at radius 1 is 1.38 bits per heavy atom. The van der Waals surface area contributed by atoms with E-state index < -0.39 is 6.10 Å². The fourth-order valence-electron chi connectivity index (χ4n) is 2.61. The van der Waals surface area contributed by atoms with E-state index in [1.165, 1.54) is 6.42 Å². The molecule has 1 aromatic rings. The van der Waals surface area contributed by atoms with Crippen molar-refractivity contribution in [3.8, 4) is 0 Å². The monoisotopic (exact) mass is 286 g/mol. The van der Waals surface area contributed by atoms with Crippen molar-refractivity contribution >= 4 is 15.9 Å². The van der Waals surface area contributed by atoms with Gasteiger partial charge in [0.05, 0.1) is 10.7 Å². The first kappa shape index (κ1) is 12.2. The largest absolute Gasteiger partial charge is 0.465 e. The minimum atomic E-state index is -0.459. The van der Waals surface area contributed by atoms with Crippen molar-refractivity contribution in [2.75, 3.05) is 0 Å². The zero-order valence-corrected chi connectivity index (χ0v) is 11.4. The predicted molar refractivity (Wildman–Crippen MR) is 67.0 cm³/mol. The number of furan rings is 1. The molecule has 1 aliphatic rings. The molecule has 2 nitrogen and oxygen atoms in total. The van der Waals surface area contributed by atoms with Crippen LogP contribution in [0.1, 0.15) is 45.0 Å². The lowest BCUT2D eigenvalue weighted by molar-refractivity contribution is 0.0401. The van der Waals surface area contributed by atoms with Gasteiger partial charge in [-0.3, -0.25) is 0 Å². The van der Waals surface area contributed by atoms with Gasteiger partial charge in [-0.05, 0) is 52.6 Å². The van der Waals surface area contributed by atoms with Crippen LogP contribution in [0.5, 0.6) is 0 Å². The van der Waals surface area contributed by atoms with Gasteiger partial charge in [-0.2, -0.15) is 0 Å². The average molecular weight is 287 g/mol. The van der Waals surface area contributed by atoms with Gasteiger partial charge in [0.15, 0.2) is 0 Å². The van der Waals surface area contributed by atoms with Crippen molar-refractivity contribution in [1.29, 1.82) is 0 Å². The van der Waals surface area contributed by atoms with Crippen LogP contribution in [-0.4, -0.2) is 5.11 Å². The van der Waals surface area contributed by atoms with Gasteiger partial charge >= 0.3 is 0 Å². The van der Waals surface area contributed by atoms with Crippen LogP contribution in [0.25, 0.3) is 0 Å². The molecular weight excluding hydrogens is 268 g/mol. The molecule has 1 N–H and O–H groups in total. The third-order valence-electron chi connectivity index (χ3n) is 4.00. The minimum Gasteiger partial charge on any atom is -0.465 e. The quantitative estimate of drug-likeness (QED) is 0.886. The van der Waals surface area contributed by atoms with Crippen LogP contribution in [0.4, 0.5) is 0 Å². The maximum atomic E-state index is 10.3. The lowest BCUT2D eigenvalue weighted by Crippen LogP contribution is -2.25. The summed E-state index contributed by atoms with van der Waals surface area (Å²) in [4.78, 5) is 0.